The quantitative estimate of drug-likeness (QED) is 0.512. The second-order valence-corrected chi connectivity index (χ2v) is 8.53. The van der Waals surface area contributed by atoms with Gasteiger partial charge in [0.2, 0.25) is 0 Å². The zero-order chi connectivity index (χ0) is 20.7. The van der Waals surface area contributed by atoms with Gasteiger partial charge in [0.05, 0.1) is 11.6 Å². The average molecular weight is 434 g/mol. The van der Waals surface area contributed by atoms with Gasteiger partial charge in [0, 0.05) is 57.2 Å². The van der Waals surface area contributed by atoms with E-state index < -0.39 is 11.9 Å². The molecule has 2 aliphatic rings. The van der Waals surface area contributed by atoms with Gasteiger partial charge in [-0.2, -0.15) is 13.2 Å². The Morgan fingerprint density at radius 1 is 1.34 bits per heavy atom. The fourth-order valence-corrected chi connectivity index (χ4v) is 4.48. The molecular formula is C19H30F3N5OS. The van der Waals surface area contributed by atoms with Gasteiger partial charge in [-0.3, -0.25) is 4.99 Å². The predicted molar refractivity (Wildman–Crippen MR) is 108 cm³/mol. The lowest BCUT2D eigenvalue weighted by molar-refractivity contribution is -0.140. The second-order valence-electron chi connectivity index (χ2n) is 7.58. The minimum Gasteiger partial charge on any atom is -0.381 e. The van der Waals surface area contributed by atoms with Crippen LogP contribution in [0.5, 0.6) is 0 Å². The number of nitrogens with one attached hydrogen (secondary N) is 2. The van der Waals surface area contributed by atoms with E-state index in [2.05, 4.69) is 25.5 Å². The third-order valence-electron chi connectivity index (χ3n) is 5.25. The van der Waals surface area contributed by atoms with Crippen molar-refractivity contribution in [1.82, 2.24) is 20.5 Å². The number of guanidine groups is 1. The summed E-state index contributed by atoms with van der Waals surface area (Å²) in [7, 11) is 0. The van der Waals surface area contributed by atoms with Gasteiger partial charge < -0.3 is 20.3 Å². The van der Waals surface area contributed by atoms with E-state index >= 15 is 0 Å². The fourth-order valence-electron chi connectivity index (χ4n) is 3.68. The summed E-state index contributed by atoms with van der Waals surface area (Å²) in [5.41, 5.74) is -0.817. The minimum absolute atomic E-state index is 0.362. The first-order chi connectivity index (χ1) is 13.9. The van der Waals surface area contributed by atoms with Crippen LogP contribution >= 0.6 is 11.3 Å². The highest BCUT2D eigenvalue weighted by Gasteiger charge is 2.33. The highest BCUT2D eigenvalue weighted by Crippen LogP contribution is 2.30. The van der Waals surface area contributed by atoms with Gasteiger partial charge in [0.1, 0.15) is 0 Å². The van der Waals surface area contributed by atoms with E-state index in [-0.39, 0.29) is 0 Å². The smallest absolute Gasteiger partial charge is 0.381 e. The summed E-state index contributed by atoms with van der Waals surface area (Å²) in [6.07, 6.45) is -0.703. The molecule has 0 aromatic carbocycles. The number of ether oxygens (including phenoxy) is 1. The molecule has 0 amide bonds. The lowest BCUT2D eigenvalue weighted by atomic mass is 10.0. The molecule has 2 fully saturated rings. The van der Waals surface area contributed by atoms with E-state index in [0.29, 0.717) is 29.9 Å². The normalized spacial score (nSPS) is 22.2. The number of piperidine rings is 1. The van der Waals surface area contributed by atoms with E-state index in [4.69, 9.17) is 4.74 Å². The predicted octanol–water partition coefficient (Wildman–Crippen LogP) is 2.76. The van der Waals surface area contributed by atoms with E-state index in [1.807, 2.05) is 6.92 Å². The lowest BCUT2D eigenvalue weighted by Gasteiger charge is -2.34. The molecule has 2 N–H and O–H groups in total. The Bertz CT molecular complexity index is 653. The van der Waals surface area contributed by atoms with Crippen LogP contribution in [0.1, 0.15) is 36.9 Å². The van der Waals surface area contributed by atoms with Gasteiger partial charge in [-0.15, -0.1) is 11.3 Å². The Hall–Kier alpha value is -1.39. The second kappa shape index (κ2) is 10.6. The molecule has 164 valence electrons. The van der Waals surface area contributed by atoms with Gasteiger partial charge in [-0.05, 0) is 32.1 Å². The van der Waals surface area contributed by atoms with Gasteiger partial charge in [-0.1, -0.05) is 0 Å². The third kappa shape index (κ3) is 7.11. The summed E-state index contributed by atoms with van der Waals surface area (Å²) in [6, 6.07) is 0.362. The zero-order valence-electron chi connectivity index (χ0n) is 16.8. The number of halogens is 3. The molecule has 3 heterocycles. The Morgan fingerprint density at radius 3 is 2.76 bits per heavy atom. The van der Waals surface area contributed by atoms with Crippen molar-refractivity contribution < 1.29 is 17.9 Å². The Morgan fingerprint density at radius 2 is 2.14 bits per heavy atom. The first-order valence-corrected chi connectivity index (χ1v) is 11.2. The van der Waals surface area contributed by atoms with Crippen molar-refractivity contribution in [3.8, 4) is 0 Å². The molecule has 1 aromatic rings. The number of aliphatic imine (C=N–C) groups is 1. The summed E-state index contributed by atoms with van der Waals surface area (Å²) in [6.45, 7) is 8.17. The molecule has 0 saturated carbocycles. The van der Waals surface area contributed by atoms with Crippen LogP contribution in [0.4, 0.5) is 13.2 Å². The maximum absolute atomic E-state index is 12.6. The number of nitrogens with zero attached hydrogens (tertiary/aromatic N) is 3. The maximum Gasteiger partial charge on any atom is 0.434 e. The standard InChI is InChI=1S/C19H30F3N5OS/c1-2-23-18(24-7-3-17-26-16(13-29-17)19(20,21)22)25-15-4-8-27(9-5-15)11-14-6-10-28-12-14/h13-15H,2-12H2,1H3,(H2,23,24,25). The number of likely N-dealkylation sites (tertiary alicyclic amines) is 1. The van der Waals surface area contributed by atoms with Crippen molar-refractivity contribution in [3.05, 3.63) is 16.1 Å². The fraction of sp³-hybridized carbons (Fsp3) is 0.789. The molecule has 29 heavy (non-hydrogen) atoms. The molecule has 0 radical (unpaired) electrons. The average Bonchev–Trinajstić information content (AvgIpc) is 3.35. The summed E-state index contributed by atoms with van der Waals surface area (Å²) < 4.78 is 43.4. The number of thiazole rings is 1. The van der Waals surface area contributed by atoms with E-state index in [0.717, 1.165) is 74.9 Å². The molecule has 6 nitrogen and oxygen atoms in total. The maximum atomic E-state index is 12.6. The van der Waals surface area contributed by atoms with Crippen LogP contribution in [0.25, 0.3) is 0 Å². The topological polar surface area (TPSA) is 61.8 Å². The van der Waals surface area contributed by atoms with Crippen molar-refractivity contribution in [1.29, 1.82) is 0 Å². The van der Waals surface area contributed by atoms with Gasteiger partial charge in [-0.25, -0.2) is 4.98 Å². The summed E-state index contributed by atoms with van der Waals surface area (Å²) in [5.74, 6) is 1.39. The van der Waals surface area contributed by atoms with Crippen LogP contribution in [0.3, 0.4) is 0 Å². The largest absolute Gasteiger partial charge is 0.434 e. The summed E-state index contributed by atoms with van der Waals surface area (Å²) in [5, 5.41) is 8.23. The number of aromatic nitrogens is 1. The molecule has 3 rings (SSSR count). The molecule has 1 atom stereocenters. The number of hydrogen-bond acceptors (Lipinski definition) is 5. The Balaban J connectivity index is 1.42. The molecule has 2 saturated heterocycles. The number of alkyl halides is 3. The van der Waals surface area contributed by atoms with Crippen LogP contribution in [0, 0.1) is 5.92 Å². The first-order valence-electron chi connectivity index (χ1n) is 10.3. The van der Waals surface area contributed by atoms with Crippen LogP contribution in [0.15, 0.2) is 10.4 Å². The van der Waals surface area contributed by atoms with Crippen LogP contribution in [-0.4, -0.2) is 67.8 Å². The number of hydrogen-bond donors (Lipinski definition) is 2. The minimum atomic E-state index is -4.38. The van der Waals surface area contributed by atoms with Crippen molar-refractivity contribution in [2.75, 3.05) is 45.9 Å². The van der Waals surface area contributed by atoms with Crippen LogP contribution < -0.4 is 10.6 Å². The van der Waals surface area contributed by atoms with Crippen molar-refractivity contribution >= 4 is 17.3 Å². The van der Waals surface area contributed by atoms with Gasteiger partial charge in [0.25, 0.3) is 0 Å². The summed E-state index contributed by atoms with van der Waals surface area (Å²) in [4.78, 5) is 10.7. The monoisotopic (exact) mass is 433 g/mol. The third-order valence-corrected chi connectivity index (χ3v) is 6.16. The lowest BCUT2D eigenvalue weighted by Crippen LogP contribution is -2.49. The van der Waals surface area contributed by atoms with Crippen molar-refractivity contribution in [3.63, 3.8) is 0 Å². The molecule has 0 spiro atoms. The molecule has 1 unspecified atom stereocenters. The van der Waals surface area contributed by atoms with Gasteiger partial charge in [0.15, 0.2) is 11.7 Å². The Labute approximate surface area is 173 Å². The van der Waals surface area contributed by atoms with Crippen molar-refractivity contribution in [2.45, 2.75) is 44.8 Å². The molecule has 0 bridgehead atoms. The number of rotatable bonds is 7. The molecule has 1 aromatic heterocycles. The molecule has 0 aliphatic carbocycles. The zero-order valence-corrected chi connectivity index (χ0v) is 17.6. The molecular weight excluding hydrogens is 403 g/mol. The Kier molecular flexibility index (Phi) is 8.14. The van der Waals surface area contributed by atoms with Gasteiger partial charge >= 0.3 is 6.18 Å². The van der Waals surface area contributed by atoms with Crippen molar-refractivity contribution in [2.24, 2.45) is 10.9 Å². The highest BCUT2D eigenvalue weighted by molar-refractivity contribution is 7.09. The summed E-state index contributed by atoms with van der Waals surface area (Å²) >= 11 is 1.03. The molecule has 10 heteroatoms. The van der Waals surface area contributed by atoms with Crippen LogP contribution in [-0.2, 0) is 17.3 Å². The first kappa shape index (κ1) is 22.3. The van der Waals surface area contributed by atoms with E-state index in [9.17, 15) is 13.2 Å². The molecule has 2 aliphatic heterocycles. The van der Waals surface area contributed by atoms with E-state index in [1.165, 1.54) is 6.42 Å². The highest BCUT2D eigenvalue weighted by atomic mass is 32.1. The SMILES string of the molecule is CCNC(=NCCc1nc(C(F)(F)F)cs1)NC1CCN(CC2CCOC2)CC1. The van der Waals surface area contributed by atoms with E-state index in [1.54, 1.807) is 0 Å². The van der Waals surface area contributed by atoms with Crippen LogP contribution in [0.2, 0.25) is 0 Å².